The van der Waals surface area contributed by atoms with Gasteiger partial charge in [-0.1, -0.05) is 18.2 Å². The molecule has 4 rings (SSSR count). The fraction of sp³-hybridized carbons (Fsp3) is 0.417. The molecule has 0 spiro atoms. The van der Waals surface area contributed by atoms with Gasteiger partial charge in [-0.25, -0.2) is 0 Å². The molecular weight excluding hydrogens is 412 g/mol. The number of carbonyl (C=O) groups excluding carboxylic acids is 1. The summed E-state index contributed by atoms with van der Waals surface area (Å²) in [7, 11) is 2.03. The van der Waals surface area contributed by atoms with Crippen LogP contribution in [0.1, 0.15) is 36.3 Å². The maximum absolute atomic E-state index is 12.9. The minimum absolute atomic E-state index is 0.0873. The highest BCUT2D eigenvalue weighted by Crippen LogP contribution is 2.43. The Labute approximate surface area is 185 Å². The summed E-state index contributed by atoms with van der Waals surface area (Å²) < 4.78 is 7.92. The zero-order valence-corrected chi connectivity index (χ0v) is 18.8. The van der Waals surface area contributed by atoms with E-state index >= 15 is 0 Å². The van der Waals surface area contributed by atoms with E-state index in [1.54, 1.807) is 6.92 Å². The fourth-order valence-corrected chi connectivity index (χ4v) is 5.81. The van der Waals surface area contributed by atoms with E-state index in [0.717, 1.165) is 17.9 Å². The Morgan fingerprint density at radius 2 is 2.03 bits per heavy atom. The second-order valence-electron chi connectivity index (χ2n) is 8.35. The number of benzene rings is 1. The van der Waals surface area contributed by atoms with E-state index in [1.165, 1.54) is 22.5 Å². The largest absolute Gasteiger partial charge is 0.502 e. The SMILES string of the molecule is Cc1cc(=O)c(O)c(C2(CC(=O)NCCc3cn(C)c4ccccc34)CCSCC2)o1. The van der Waals surface area contributed by atoms with Crippen molar-refractivity contribution in [2.45, 2.75) is 38.0 Å². The highest BCUT2D eigenvalue weighted by Gasteiger charge is 2.41. The smallest absolute Gasteiger partial charge is 0.227 e. The van der Waals surface area contributed by atoms with Crippen LogP contribution in [-0.2, 0) is 23.7 Å². The van der Waals surface area contributed by atoms with Gasteiger partial charge in [-0.05, 0) is 49.3 Å². The summed E-state index contributed by atoms with van der Waals surface area (Å²) in [5.41, 5.74) is 1.27. The maximum atomic E-state index is 12.9. The number of thioether (sulfide) groups is 1. The van der Waals surface area contributed by atoms with Gasteiger partial charge >= 0.3 is 0 Å². The maximum Gasteiger partial charge on any atom is 0.227 e. The molecule has 1 saturated heterocycles. The topological polar surface area (TPSA) is 84.5 Å². The predicted molar refractivity (Wildman–Crippen MR) is 124 cm³/mol. The molecule has 0 atom stereocenters. The summed E-state index contributed by atoms with van der Waals surface area (Å²) in [6.07, 6.45) is 4.42. The fourth-order valence-electron chi connectivity index (χ4n) is 4.54. The Kier molecular flexibility index (Phi) is 6.14. The zero-order chi connectivity index (χ0) is 22.0. The minimum Gasteiger partial charge on any atom is -0.502 e. The molecule has 1 aromatic carbocycles. The molecule has 164 valence electrons. The number of rotatable bonds is 6. The van der Waals surface area contributed by atoms with E-state index in [-0.39, 0.29) is 23.8 Å². The van der Waals surface area contributed by atoms with Crippen LogP contribution in [0.25, 0.3) is 10.9 Å². The second-order valence-corrected chi connectivity index (χ2v) is 9.58. The predicted octanol–water partition coefficient (Wildman–Crippen LogP) is 3.66. The second kappa shape index (κ2) is 8.83. The first-order chi connectivity index (χ1) is 14.9. The van der Waals surface area contributed by atoms with Gasteiger partial charge in [0.1, 0.15) is 5.76 Å². The Bertz CT molecular complexity index is 1160. The molecule has 2 N–H and O–H groups in total. The van der Waals surface area contributed by atoms with Crippen LogP contribution in [0.4, 0.5) is 0 Å². The number of fused-ring (bicyclic) bond motifs is 1. The van der Waals surface area contributed by atoms with Crippen molar-refractivity contribution in [3.63, 3.8) is 0 Å². The molecule has 3 aromatic rings. The molecule has 0 unspecified atom stereocenters. The lowest BCUT2D eigenvalue weighted by Crippen LogP contribution is -2.39. The van der Waals surface area contributed by atoms with Gasteiger partial charge in [-0.15, -0.1) is 0 Å². The van der Waals surface area contributed by atoms with Gasteiger partial charge in [0.05, 0.1) is 0 Å². The van der Waals surface area contributed by atoms with Crippen molar-refractivity contribution in [3.8, 4) is 5.75 Å². The van der Waals surface area contributed by atoms with Crippen molar-refractivity contribution in [2.75, 3.05) is 18.1 Å². The van der Waals surface area contributed by atoms with Crippen molar-refractivity contribution in [1.29, 1.82) is 0 Å². The van der Waals surface area contributed by atoms with Crippen LogP contribution in [0.3, 0.4) is 0 Å². The lowest BCUT2D eigenvalue weighted by molar-refractivity contribution is -0.122. The first-order valence-corrected chi connectivity index (χ1v) is 11.8. The van der Waals surface area contributed by atoms with E-state index in [4.69, 9.17) is 4.42 Å². The highest BCUT2D eigenvalue weighted by atomic mass is 32.2. The van der Waals surface area contributed by atoms with Crippen LogP contribution in [0, 0.1) is 6.92 Å². The average molecular weight is 441 g/mol. The van der Waals surface area contributed by atoms with Crippen molar-refractivity contribution in [3.05, 3.63) is 63.8 Å². The number of para-hydroxylation sites is 1. The molecule has 0 bridgehead atoms. The van der Waals surface area contributed by atoms with Crippen LogP contribution in [0.2, 0.25) is 0 Å². The number of nitrogens with zero attached hydrogens (tertiary/aromatic N) is 1. The molecule has 0 aliphatic carbocycles. The molecule has 3 heterocycles. The van der Waals surface area contributed by atoms with E-state index in [1.807, 2.05) is 30.9 Å². The van der Waals surface area contributed by atoms with E-state index < -0.39 is 10.8 Å². The lowest BCUT2D eigenvalue weighted by atomic mass is 9.75. The molecule has 1 fully saturated rings. The van der Waals surface area contributed by atoms with Gasteiger partial charge < -0.3 is 19.4 Å². The van der Waals surface area contributed by atoms with Gasteiger partial charge in [0.25, 0.3) is 0 Å². The molecule has 31 heavy (non-hydrogen) atoms. The third-order valence-corrected chi connectivity index (χ3v) is 7.16. The van der Waals surface area contributed by atoms with Crippen LogP contribution < -0.4 is 10.7 Å². The third-order valence-electron chi connectivity index (χ3n) is 6.17. The number of aryl methyl sites for hydroxylation is 2. The molecule has 0 radical (unpaired) electrons. The summed E-state index contributed by atoms with van der Waals surface area (Å²) in [6, 6.07) is 9.52. The number of carbonyl (C=O) groups is 1. The van der Waals surface area contributed by atoms with Crippen molar-refractivity contribution >= 4 is 28.6 Å². The summed E-state index contributed by atoms with van der Waals surface area (Å²) in [5, 5.41) is 14.7. The summed E-state index contributed by atoms with van der Waals surface area (Å²) in [5.74, 6) is 1.99. The van der Waals surface area contributed by atoms with Crippen LogP contribution in [-0.4, -0.2) is 33.6 Å². The van der Waals surface area contributed by atoms with E-state index in [0.29, 0.717) is 25.1 Å². The van der Waals surface area contributed by atoms with Gasteiger partial charge in [0.2, 0.25) is 17.1 Å². The standard InChI is InChI=1S/C24H28N2O4S/c1-16-13-20(27)22(29)23(30-16)24(8-11-31-12-9-24)14-21(28)25-10-7-17-15-26(2)19-6-4-3-5-18(17)19/h3-6,13,15,29H,7-12,14H2,1-2H3,(H,25,28). The molecule has 1 aliphatic rings. The van der Waals surface area contributed by atoms with E-state index in [2.05, 4.69) is 28.2 Å². The molecule has 1 amide bonds. The molecule has 1 aliphatic heterocycles. The summed E-state index contributed by atoms with van der Waals surface area (Å²) in [4.78, 5) is 25.1. The number of aromatic hydroxyl groups is 1. The molecular formula is C24H28N2O4S. The Morgan fingerprint density at radius 1 is 1.29 bits per heavy atom. The molecule has 0 saturated carbocycles. The number of aromatic nitrogens is 1. The number of hydrogen-bond acceptors (Lipinski definition) is 5. The minimum atomic E-state index is -0.649. The van der Waals surface area contributed by atoms with Crippen LogP contribution in [0.15, 0.2) is 45.7 Å². The normalized spacial score (nSPS) is 15.8. The average Bonchev–Trinajstić information content (AvgIpc) is 3.07. The van der Waals surface area contributed by atoms with Crippen molar-refractivity contribution in [1.82, 2.24) is 9.88 Å². The Hall–Kier alpha value is -2.67. The first-order valence-electron chi connectivity index (χ1n) is 10.6. The number of amides is 1. The van der Waals surface area contributed by atoms with Crippen molar-refractivity contribution in [2.24, 2.45) is 7.05 Å². The molecule has 2 aromatic heterocycles. The highest BCUT2D eigenvalue weighted by molar-refractivity contribution is 7.99. The molecule has 6 nitrogen and oxygen atoms in total. The number of hydrogen-bond donors (Lipinski definition) is 2. The zero-order valence-electron chi connectivity index (χ0n) is 17.9. The summed E-state index contributed by atoms with van der Waals surface area (Å²) >= 11 is 1.82. The van der Waals surface area contributed by atoms with Crippen LogP contribution >= 0.6 is 11.8 Å². The summed E-state index contributed by atoms with van der Waals surface area (Å²) in [6.45, 7) is 2.22. The first kappa shape index (κ1) is 21.6. The quantitative estimate of drug-likeness (QED) is 0.611. The van der Waals surface area contributed by atoms with Crippen LogP contribution in [0.5, 0.6) is 5.75 Å². The number of nitrogens with one attached hydrogen (secondary N) is 1. The van der Waals surface area contributed by atoms with Crippen molar-refractivity contribution < 1.29 is 14.3 Å². The van der Waals surface area contributed by atoms with Gasteiger partial charge in [-0.2, -0.15) is 11.8 Å². The van der Waals surface area contributed by atoms with Gasteiger partial charge in [-0.3, -0.25) is 9.59 Å². The Balaban J connectivity index is 1.48. The molecule has 7 heteroatoms. The third kappa shape index (κ3) is 4.37. The van der Waals surface area contributed by atoms with Gasteiger partial charge in [0, 0.05) is 48.6 Å². The monoisotopic (exact) mass is 440 g/mol. The van der Waals surface area contributed by atoms with Gasteiger partial charge in [0.15, 0.2) is 5.76 Å². The van der Waals surface area contributed by atoms with E-state index in [9.17, 15) is 14.7 Å². The lowest BCUT2D eigenvalue weighted by Gasteiger charge is -2.35. The Morgan fingerprint density at radius 3 is 2.81 bits per heavy atom.